The molecule has 1 fully saturated rings. The van der Waals surface area contributed by atoms with Crippen molar-refractivity contribution in [3.8, 4) is 6.07 Å². The minimum atomic E-state index is -0.274. The molecule has 0 saturated heterocycles. The zero-order valence-corrected chi connectivity index (χ0v) is 14.8. The van der Waals surface area contributed by atoms with Crippen molar-refractivity contribution in [3.05, 3.63) is 0 Å². The van der Waals surface area contributed by atoms with Crippen LogP contribution < -0.4 is 5.32 Å². The molecule has 1 aliphatic rings. The van der Waals surface area contributed by atoms with Gasteiger partial charge in [-0.15, -0.1) is 0 Å². The molecule has 3 nitrogen and oxygen atoms in total. The Labute approximate surface area is 132 Å². The van der Waals surface area contributed by atoms with Gasteiger partial charge in [-0.1, -0.05) is 33.6 Å². The lowest BCUT2D eigenvalue weighted by Crippen LogP contribution is -2.50. The maximum absolute atomic E-state index is 9.72. The number of nitrogens with one attached hydrogen (secondary N) is 1. The maximum atomic E-state index is 9.72. The highest BCUT2D eigenvalue weighted by atomic mass is 15.1. The van der Waals surface area contributed by atoms with Gasteiger partial charge in [0.05, 0.1) is 6.07 Å². The van der Waals surface area contributed by atoms with Crippen LogP contribution in [0.2, 0.25) is 0 Å². The molecular weight excluding hydrogens is 258 g/mol. The Kier molecular flexibility index (Phi) is 7.70. The van der Waals surface area contributed by atoms with Crippen LogP contribution in [0.4, 0.5) is 0 Å². The van der Waals surface area contributed by atoms with E-state index in [1.165, 1.54) is 25.8 Å². The van der Waals surface area contributed by atoms with Crippen molar-refractivity contribution in [2.45, 2.75) is 78.3 Å². The first-order valence-electron chi connectivity index (χ1n) is 8.88. The Morgan fingerprint density at radius 1 is 1.33 bits per heavy atom. The van der Waals surface area contributed by atoms with Gasteiger partial charge in [-0.2, -0.15) is 5.26 Å². The van der Waals surface area contributed by atoms with Crippen LogP contribution in [-0.2, 0) is 0 Å². The Morgan fingerprint density at radius 2 is 2.05 bits per heavy atom. The minimum Gasteiger partial charge on any atom is -0.303 e. The molecule has 0 heterocycles. The van der Waals surface area contributed by atoms with E-state index in [1.807, 2.05) is 0 Å². The quantitative estimate of drug-likeness (QED) is 0.702. The van der Waals surface area contributed by atoms with Crippen molar-refractivity contribution in [2.75, 3.05) is 19.6 Å². The van der Waals surface area contributed by atoms with Crippen LogP contribution in [0.15, 0.2) is 0 Å². The number of nitriles is 1. The zero-order chi connectivity index (χ0) is 15.9. The summed E-state index contributed by atoms with van der Waals surface area (Å²) in [4.78, 5) is 2.56. The molecule has 122 valence electrons. The smallest absolute Gasteiger partial charge is 0.109 e. The largest absolute Gasteiger partial charge is 0.303 e. The third-order valence-corrected chi connectivity index (χ3v) is 5.07. The van der Waals surface area contributed by atoms with Crippen molar-refractivity contribution in [1.29, 1.82) is 5.26 Å². The standard InChI is InChI=1S/C18H35N3/c1-6-16(5)13-21(7-2)12-10-17-9-8-11-18(17,14-19)20-15(3)4/h15-17,20H,6-13H2,1-5H3. The van der Waals surface area contributed by atoms with Gasteiger partial charge in [0, 0.05) is 12.6 Å². The van der Waals surface area contributed by atoms with Crippen molar-refractivity contribution in [1.82, 2.24) is 10.2 Å². The van der Waals surface area contributed by atoms with Crippen LogP contribution in [0.3, 0.4) is 0 Å². The molecule has 0 spiro atoms. The second kappa shape index (κ2) is 8.76. The topological polar surface area (TPSA) is 39.1 Å². The van der Waals surface area contributed by atoms with Gasteiger partial charge in [0.2, 0.25) is 0 Å². The molecule has 1 N–H and O–H groups in total. The maximum Gasteiger partial charge on any atom is 0.109 e. The first kappa shape index (κ1) is 18.5. The molecule has 1 aliphatic carbocycles. The fourth-order valence-corrected chi connectivity index (χ4v) is 3.64. The lowest BCUT2D eigenvalue weighted by molar-refractivity contribution is 0.203. The summed E-state index contributed by atoms with van der Waals surface area (Å²) in [5, 5.41) is 13.3. The molecule has 21 heavy (non-hydrogen) atoms. The van der Waals surface area contributed by atoms with E-state index in [0.717, 1.165) is 31.8 Å². The summed E-state index contributed by atoms with van der Waals surface area (Å²) in [6.45, 7) is 14.6. The zero-order valence-electron chi connectivity index (χ0n) is 14.8. The number of hydrogen-bond donors (Lipinski definition) is 1. The highest BCUT2D eigenvalue weighted by Gasteiger charge is 2.43. The number of nitrogens with zero attached hydrogens (tertiary/aromatic N) is 2. The van der Waals surface area contributed by atoms with Crippen molar-refractivity contribution in [2.24, 2.45) is 11.8 Å². The molecule has 1 saturated carbocycles. The van der Waals surface area contributed by atoms with Crippen LogP contribution >= 0.6 is 0 Å². The molecule has 3 unspecified atom stereocenters. The van der Waals surface area contributed by atoms with Crippen LogP contribution in [-0.4, -0.2) is 36.1 Å². The van der Waals surface area contributed by atoms with Crippen LogP contribution in [0, 0.1) is 23.2 Å². The molecule has 0 aromatic rings. The number of hydrogen-bond acceptors (Lipinski definition) is 3. The lowest BCUT2D eigenvalue weighted by Gasteiger charge is -2.33. The van der Waals surface area contributed by atoms with Crippen molar-refractivity contribution < 1.29 is 0 Å². The third kappa shape index (κ3) is 5.27. The Morgan fingerprint density at radius 3 is 2.57 bits per heavy atom. The van der Waals surface area contributed by atoms with Crippen molar-refractivity contribution >= 4 is 0 Å². The summed E-state index contributed by atoms with van der Waals surface area (Å²) in [5.41, 5.74) is -0.274. The van der Waals surface area contributed by atoms with Gasteiger partial charge in [-0.25, -0.2) is 0 Å². The van der Waals surface area contributed by atoms with E-state index in [-0.39, 0.29) is 5.54 Å². The first-order chi connectivity index (χ1) is 9.97. The predicted molar refractivity (Wildman–Crippen MR) is 90.1 cm³/mol. The lowest BCUT2D eigenvalue weighted by atomic mass is 9.85. The molecule has 0 amide bonds. The molecule has 1 rings (SSSR count). The van der Waals surface area contributed by atoms with Crippen LogP contribution in [0.1, 0.15) is 66.7 Å². The summed E-state index contributed by atoms with van der Waals surface area (Å²) in [7, 11) is 0. The third-order valence-electron chi connectivity index (χ3n) is 5.07. The molecule has 0 aromatic heterocycles. The summed E-state index contributed by atoms with van der Waals surface area (Å²) in [5.74, 6) is 1.28. The van der Waals surface area contributed by atoms with E-state index in [9.17, 15) is 5.26 Å². The van der Waals surface area contributed by atoms with E-state index in [0.29, 0.717) is 12.0 Å². The molecule has 0 radical (unpaired) electrons. The average Bonchev–Trinajstić information content (AvgIpc) is 2.85. The summed E-state index contributed by atoms with van der Waals surface area (Å²) in [6.07, 6.45) is 5.81. The molecule has 0 aliphatic heterocycles. The van der Waals surface area contributed by atoms with Gasteiger partial charge in [0.15, 0.2) is 0 Å². The van der Waals surface area contributed by atoms with E-state index < -0.39 is 0 Å². The average molecular weight is 293 g/mol. The van der Waals surface area contributed by atoms with Crippen LogP contribution in [0.25, 0.3) is 0 Å². The van der Waals surface area contributed by atoms with Gasteiger partial charge >= 0.3 is 0 Å². The van der Waals surface area contributed by atoms with E-state index in [4.69, 9.17) is 0 Å². The van der Waals surface area contributed by atoms with Crippen LogP contribution in [0.5, 0.6) is 0 Å². The first-order valence-corrected chi connectivity index (χ1v) is 8.88. The molecule has 0 aromatic carbocycles. The van der Waals surface area contributed by atoms with Gasteiger partial charge < -0.3 is 4.90 Å². The molecule has 0 bridgehead atoms. The molecule has 3 heteroatoms. The Bertz CT molecular complexity index is 334. The fourth-order valence-electron chi connectivity index (χ4n) is 3.64. The van der Waals surface area contributed by atoms with Gasteiger partial charge in [0.1, 0.15) is 5.54 Å². The second-order valence-electron chi connectivity index (χ2n) is 7.17. The predicted octanol–water partition coefficient (Wildman–Crippen LogP) is 3.80. The Hall–Kier alpha value is -0.590. The van der Waals surface area contributed by atoms with E-state index in [1.54, 1.807) is 0 Å². The SMILES string of the molecule is CCC(C)CN(CC)CCC1CCCC1(C#N)NC(C)C. The Balaban J connectivity index is 2.57. The fraction of sp³-hybridized carbons (Fsp3) is 0.944. The normalized spacial score (nSPS) is 27.2. The summed E-state index contributed by atoms with van der Waals surface area (Å²) >= 11 is 0. The summed E-state index contributed by atoms with van der Waals surface area (Å²) in [6, 6.07) is 3.00. The van der Waals surface area contributed by atoms with Crippen molar-refractivity contribution in [3.63, 3.8) is 0 Å². The summed E-state index contributed by atoms with van der Waals surface area (Å²) < 4.78 is 0. The second-order valence-corrected chi connectivity index (χ2v) is 7.17. The highest BCUT2D eigenvalue weighted by Crippen LogP contribution is 2.38. The van der Waals surface area contributed by atoms with E-state index >= 15 is 0 Å². The van der Waals surface area contributed by atoms with Gasteiger partial charge in [-0.3, -0.25) is 5.32 Å². The monoisotopic (exact) mass is 293 g/mol. The van der Waals surface area contributed by atoms with Gasteiger partial charge in [-0.05, 0) is 58.0 Å². The molecular formula is C18H35N3. The molecule has 3 atom stereocenters. The van der Waals surface area contributed by atoms with E-state index in [2.05, 4.69) is 50.9 Å². The highest BCUT2D eigenvalue weighted by molar-refractivity contribution is 5.14. The van der Waals surface area contributed by atoms with Gasteiger partial charge in [0.25, 0.3) is 0 Å². The number of rotatable bonds is 9. The minimum absolute atomic E-state index is 0.274.